The number of hydrogen-bond donors (Lipinski definition) is 2. The molecule has 2 N–H and O–H groups in total. The first-order chi connectivity index (χ1) is 17.3. The summed E-state index contributed by atoms with van der Waals surface area (Å²) >= 11 is -0.953. The van der Waals surface area contributed by atoms with Crippen LogP contribution in [0, 0.1) is 0 Å². The molecule has 6 nitrogen and oxygen atoms in total. The van der Waals surface area contributed by atoms with E-state index in [0.717, 1.165) is 0 Å². The average Bonchev–Trinajstić information content (AvgIpc) is 3.70. The molecule has 4 aromatic carbocycles. The van der Waals surface area contributed by atoms with E-state index >= 15 is 0 Å². The van der Waals surface area contributed by atoms with Gasteiger partial charge in [-0.15, -0.1) is 82.2 Å². The van der Waals surface area contributed by atoms with Gasteiger partial charge in [0.15, 0.2) is 0 Å². The van der Waals surface area contributed by atoms with Crippen LogP contribution in [0.1, 0.15) is 25.7 Å². The Morgan fingerprint density at radius 1 is 0.658 bits per heavy atom. The fourth-order valence-electron chi connectivity index (χ4n) is 4.85. The normalized spacial score (nSPS) is 13.5. The van der Waals surface area contributed by atoms with E-state index in [0.29, 0.717) is 12.8 Å². The van der Waals surface area contributed by atoms with Crippen molar-refractivity contribution in [3.63, 3.8) is 0 Å². The van der Waals surface area contributed by atoms with Crippen molar-refractivity contribution in [3.05, 3.63) is 72.8 Å². The molecule has 1 radical (unpaired) electrons. The summed E-state index contributed by atoms with van der Waals surface area (Å²) < 4.78 is 4.76. The average molecular weight is 688 g/mol. The van der Waals surface area contributed by atoms with E-state index < -0.39 is 17.9 Å². The van der Waals surface area contributed by atoms with Gasteiger partial charge in [-0.25, -0.2) is 0 Å². The maximum Gasteiger partial charge on any atom is 4.00 e. The predicted octanol–water partition coefficient (Wildman–Crippen LogP) is -1.66. The van der Waals surface area contributed by atoms with Crippen LogP contribution >= 0.6 is 0 Å². The predicted molar refractivity (Wildman–Crippen MR) is 146 cm³/mol. The van der Waals surface area contributed by atoms with Gasteiger partial charge in [-0.1, -0.05) is 23.5 Å². The van der Waals surface area contributed by atoms with Gasteiger partial charge in [0.25, 0.3) is 0 Å². The molecule has 2 aliphatic heterocycles. The molecule has 2 heterocycles. The van der Waals surface area contributed by atoms with Gasteiger partial charge >= 0.3 is 74.6 Å². The van der Waals surface area contributed by atoms with Crippen molar-refractivity contribution in [2.24, 2.45) is 0 Å². The molecule has 2 aliphatic rings. The van der Waals surface area contributed by atoms with E-state index in [9.17, 15) is 9.59 Å². The van der Waals surface area contributed by atoms with Gasteiger partial charge in [-0.2, -0.15) is 0 Å². The van der Waals surface area contributed by atoms with Crippen molar-refractivity contribution in [1.82, 2.24) is 8.05 Å². The molecule has 2 fully saturated rings. The summed E-state index contributed by atoms with van der Waals surface area (Å²) in [5, 5.41) is 5.56. The second kappa shape index (κ2) is 18.6. The minimum absolute atomic E-state index is 0. The van der Waals surface area contributed by atoms with Crippen molar-refractivity contribution in [3.8, 4) is 0 Å². The Bertz CT molecular complexity index is 1130. The molecule has 6 rings (SSSR count). The summed E-state index contributed by atoms with van der Waals surface area (Å²) in [5.41, 5.74) is 2.86. The molecule has 0 aromatic heterocycles. The molecule has 0 bridgehead atoms. The quantitative estimate of drug-likeness (QED) is 0.110. The number of nitrogens with one attached hydrogen (secondary N) is 2. The Labute approximate surface area is 264 Å². The van der Waals surface area contributed by atoms with Crippen LogP contribution in [-0.4, -0.2) is 56.9 Å². The van der Waals surface area contributed by atoms with Crippen LogP contribution in [0.3, 0.4) is 0 Å². The zero-order valence-electron chi connectivity index (χ0n) is 21.3. The molecule has 10 heteroatoms. The molecule has 0 saturated carbocycles. The van der Waals surface area contributed by atoms with Crippen molar-refractivity contribution in [1.29, 1.82) is 0 Å². The first kappa shape index (κ1) is 34.3. The van der Waals surface area contributed by atoms with Crippen LogP contribution < -0.4 is 42.7 Å². The van der Waals surface area contributed by atoms with Gasteiger partial charge in [0.2, 0.25) is 0 Å². The molecule has 0 atom stereocenters. The number of halogens is 2. The molecular weight excluding hydrogens is 656 g/mol. The van der Waals surface area contributed by atoms with Gasteiger partial charge in [0.05, 0.1) is 0 Å². The summed E-state index contributed by atoms with van der Waals surface area (Å²) in [7, 11) is 0. The molecule has 2 saturated heterocycles. The van der Waals surface area contributed by atoms with Crippen LogP contribution in [0.4, 0.5) is 11.4 Å². The molecule has 0 spiro atoms. The number of rotatable bonds is 6. The Kier molecular flexibility index (Phi) is 16.8. The van der Waals surface area contributed by atoms with Gasteiger partial charge in [0.1, 0.15) is 0 Å². The fourth-order valence-corrected chi connectivity index (χ4v) is 5.34. The Morgan fingerprint density at radius 2 is 1.03 bits per heavy atom. The molecule has 0 aliphatic carbocycles. The Hall–Kier alpha value is -1.70. The van der Waals surface area contributed by atoms with E-state index in [2.05, 4.69) is 90.6 Å². The van der Waals surface area contributed by atoms with E-state index in [1.54, 1.807) is 0 Å². The Balaban J connectivity index is 0.000000290. The smallest absolute Gasteiger partial charge is 1.00 e. The SMILES string of the molecule is O=C[NH][Ga][NH]C=O.[Cl-].[Cl-].[Zr+4].c1ccc2c(N3CCCC3)c[cH-]c2c1.c1ccc2c(N3CCCC3)c[cH-]c2c1. The summed E-state index contributed by atoms with van der Waals surface area (Å²) in [6.45, 7) is 4.92. The summed E-state index contributed by atoms with van der Waals surface area (Å²) in [5.74, 6) is 0. The van der Waals surface area contributed by atoms with Crippen LogP contribution in [0.2, 0.25) is 0 Å². The third-order valence-electron chi connectivity index (χ3n) is 6.51. The topological polar surface area (TPSA) is 64.7 Å². The second-order valence-corrected chi connectivity index (χ2v) is 10.7. The number of fused-ring (bicyclic) bond motifs is 2. The molecule has 197 valence electrons. The van der Waals surface area contributed by atoms with Gasteiger partial charge < -0.3 is 34.6 Å². The minimum Gasteiger partial charge on any atom is -1.00 e. The summed E-state index contributed by atoms with van der Waals surface area (Å²) in [4.78, 5) is 23.9. The van der Waals surface area contributed by atoms with E-state index in [1.165, 1.54) is 84.8 Å². The standard InChI is InChI=1S/2C13H14N.2CH3NO.2ClH.Ga.Zr/c2*1-2-6-12-11(5-1)7-8-13(12)14-9-3-4-10-14;2*2-1-3;;;;/h2*1-2,5-8H,3-4,9-10H2;2*1H,(H2,2,3);2*1H;;/q2*-1;;;;;+2;+4/p-4. The molecular formula is C28H32Cl2GaN4O2Zr. The van der Waals surface area contributed by atoms with E-state index in [4.69, 9.17) is 0 Å². The Morgan fingerprint density at radius 3 is 1.39 bits per heavy atom. The van der Waals surface area contributed by atoms with Crippen molar-refractivity contribution in [2.45, 2.75) is 25.7 Å². The molecule has 0 unspecified atom stereocenters. The number of anilines is 2. The molecule has 38 heavy (non-hydrogen) atoms. The van der Waals surface area contributed by atoms with Gasteiger partial charge in [-0.3, -0.25) is 0 Å². The second-order valence-electron chi connectivity index (χ2n) is 8.71. The third-order valence-corrected chi connectivity index (χ3v) is 7.78. The molecule has 4 aromatic rings. The van der Waals surface area contributed by atoms with Crippen molar-refractivity contribution >= 4 is 63.6 Å². The third kappa shape index (κ3) is 9.20. The summed E-state index contributed by atoms with van der Waals surface area (Å²) in [6, 6.07) is 26.3. The maximum atomic E-state index is 9.45. The first-order valence-corrected chi connectivity index (χ1v) is 14.7. The first-order valence-electron chi connectivity index (χ1n) is 12.3. The van der Waals surface area contributed by atoms with E-state index in [1.807, 2.05) is 0 Å². The summed E-state index contributed by atoms with van der Waals surface area (Å²) in [6.07, 6.45) is 6.55. The number of carbonyl (C=O) groups excluding carboxylic acids is 2. The zero-order chi connectivity index (χ0) is 24.3. The zero-order valence-corrected chi connectivity index (χ0v) is 27.7. The minimum atomic E-state index is -0.953. The molecule has 2 amide bonds. The largest absolute Gasteiger partial charge is 4.00 e. The maximum absolute atomic E-state index is 9.45. The van der Waals surface area contributed by atoms with Crippen molar-refractivity contribution in [2.75, 3.05) is 36.0 Å². The number of amides is 2. The number of hydrogen-bond acceptors (Lipinski definition) is 4. The van der Waals surface area contributed by atoms with Crippen LogP contribution in [0.5, 0.6) is 0 Å². The van der Waals surface area contributed by atoms with E-state index in [-0.39, 0.29) is 51.0 Å². The van der Waals surface area contributed by atoms with Crippen LogP contribution in [-0.2, 0) is 35.8 Å². The number of benzene rings is 2. The number of nitrogens with zero attached hydrogens (tertiary/aromatic N) is 2. The number of carbonyl (C=O) groups is 2. The van der Waals surface area contributed by atoms with Crippen LogP contribution in [0.15, 0.2) is 72.8 Å². The van der Waals surface area contributed by atoms with Crippen LogP contribution in [0.25, 0.3) is 21.5 Å². The fraction of sp³-hybridized carbons (Fsp3) is 0.286. The van der Waals surface area contributed by atoms with Crippen molar-refractivity contribution < 1.29 is 60.6 Å². The monoisotopic (exact) mass is 685 g/mol. The van der Waals surface area contributed by atoms with Gasteiger partial charge in [-0.05, 0) is 25.7 Å². The van der Waals surface area contributed by atoms with Gasteiger partial charge in [0, 0.05) is 26.2 Å².